The second-order valence-corrected chi connectivity index (χ2v) is 13.0. The van der Waals surface area contributed by atoms with Crippen LogP contribution in [0.2, 0.25) is 0 Å². The molecule has 0 amide bonds. The van der Waals surface area contributed by atoms with E-state index in [4.69, 9.17) is 9.47 Å². The zero-order valence-electron chi connectivity index (χ0n) is 25.7. The average Bonchev–Trinajstić information content (AvgIpc) is 3.03. The van der Waals surface area contributed by atoms with Gasteiger partial charge in [0.2, 0.25) is 0 Å². The van der Waals surface area contributed by atoms with E-state index in [1.54, 1.807) is 12.1 Å². The molecule has 0 saturated carbocycles. The molecule has 0 fully saturated rings. The van der Waals surface area contributed by atoms with E-state index >= 15 is 0 Å². The second kappa shape index (κ2) is 10.6. The van der Waals surface area contributed by atoms with Crippen molar-refractivity contribution in [1.29, 1.82) is 0 Å². The molecule has 5 aromatic rings. The summed E-state index contributed by atoms with van der Waals surface area (Å²) in [4.78, 5) is 27.0. The van der Waals surface area contributed by atoms with Crippen molar-refractivity contribution >= 4 is 11.9 Å². The summed E-state index contributed by atoms with van der Waals surface area (Å²) < 4.78 is 26.2. The summed E-state index contributed by atoms with van der Waals surface area (Å²) >= 11 is 0. The van der Waals surface area contributed by atoms with Crippen LogP contribution in [-0.2, 0) is 16.6 Å². The number of carbonyl (C=O) groups excluding carboxylic acids is 2. The maximum Gasteiger partial charge on any atom is 0.343 e. The van der Waals surface area contributed by atoms with Crippen molar-refractivity contribution in [3.05, 3.63) is 165 Å². The fraction of sp³-hybridized carbons (Fsp3) is 0.200. The monoisotopic (exact) mass is 596 g/mol. The van der Waals surface area contributed by atoms with E-state index in [1.807, 2.05) is 45.0 Å². The van der Waals surface area contributed by atoms with Crippen molar-refractivity contribution in [3.63, 3.8) is 0 Å². The average molecular weight is 597 g/mol. The highest BCUT2D eigenvalue weighted by molar-refractivity contribution is 5.92. The number of ether oxygens (including phenoxy) is 2. The topological polar surface area (TPSA) is 52.6 Å². The number of halogens is 1. The van der Waals surface area contributed by atoms with Gasteiger partial charge in [-0.2, -0.15) is 0 Å². The maximum atomic E-state index is 13.7. The van der Waals surface area contributed by atoms with Gasteiger partial charge in [0, 0.05) is 17.0 Å². The SMILES string of the molecule is Cc1ccccc1CC12c3ccccc3C(c3ccccc31)c1c(OC(=O)C(C)(C)C)ccc(OC(=O)c3ccc(F)cc3)c12. The highest BCUT2D eigenvalue weighted by Crippen LogP contribution is 2.64. The van der Waals surface area contributed by atoms with Crippen molar-refractivity contribution < 1.29 is 23.5 Å². The number of hydrogen-bond acceptors (Lipinski definition) is 4. The van der Waals surface area contributed by atoms with Crippen molar-refractivity contribution in [2.24, 2.45) is 5.41 Å². The van der Waals surface area contributed by atoms with E-state index in [0.717, 1.165) is 44.5 Å². The van der Waals surface area contributed by atoms with Gasteiger partial charge in [-0.25, -0.2) is 9.18 Å². The Kier molecular flexibility index (Phi) is 6.74. The number of carbonyl (C=O) groups is 2. The highest BCUT2D eigenvalue weighted by Gasteiger charge is 2.54. The van der Waals surface area contributed by atoms with E-state index in [0.29, 0.717) is 17.9 Å². The van der Waals surface area contributed by atoms with Gasteiger partial charge in [-0.3, -0.25) is 4.79 Å². The number of benzene rings is 5. The Morgan fingerprint density at radius 1 is 0.733 bits per heavy atom. The van der Waals surface area contributed by atoms with Crippen molar-refractivity contribution in [2.45, 2.75) is 45.4 Å². The predicted octanol–water partition coefficient (Wildman–Crippen LogP) is 8.69. The first-order chi connectivity index (χ1) is 21.6. The lowest BCUT2D eigenvalue weighted by molar-refractivity contribution is -0.143. The molecule has 0 unspecified atom stereocenters. The third kappa shape index (κ3) is 4.57. The number of aryl methyl sites for hydroxylation is 1. The van der Waals surface area contributed by atoms with E-state index in [-0.39, 0.29) is 17.5 Å². The Balaban J connectivity index is 1.54. The molecule has 0 heterocycles. The number of rotatable bonds is 5. The van der Waals surface area contributed by atoms with Gasteiger partial charge in [-0.1, -0.05) is 72.8 Å². The molecule has 5 heteroatoms. The first kappa shape index (κ1) is 28.7. The van der Waals surface area contributed by atoms with Crippen LogP contribution in [0.3, 0.4) is 0 Å². The predicted molar refractivity (Wildman–Crippen MR) is 171 cm³/mol. The van der Waals surface area contributed by atoms with Crippen LogP contribution in [0.5, 0.6) is 11.5 Å². The first-order valence-electron chi connectivity index (χ1n) is 15.2. The fourth-order valence-electron chi connectivity index (χ4n) is 7.02. The summed E-state index contributed by atoms with van der Waals surface area (Å²) in [6.07, 6.45) is 0.588. The van der Waals surface area contributed by atoms with Crippen LogP contribution in [0.1, 0.15) is 81.6 Å². The van der Waals surface area contributed by atoms with Crippen LogP contribution in [0.4, 0.5) is 4.39 Å². The lowest BCUT2D eigenvalue weighted by atomic mass is 9.51. The summed E-state index contributed by atoms with van der Waals surface area (Å²) in [6.45, 7) is 7.60. The lowest BCUT2D eigenvalue weighted by Gasteiger charge is -2.51. The van der Waals surface area contributed by atoms with Crippen LogP contribution in [-0.4, -0.2) is 11.9 Å². The van der Waals surface area contributed by atoms with Crippen LogP contribution >= 0.6 is 0 Å². The molecule has 0 spiro atoms. The Labute approximate surface area is 262 Å². The molecule has 0 aromatic heterocycles. The maximum absolute atomic E-state index is 13.7. The smallest absolute Gasteiger partial charge is 0.343 e. The minimum absolute atomic E-state index is 0.239. The molecule has 5 aromatic carbocycles. The highest BCUT2D eigenvalue weighted by atomic mass is 19.1. The van der Waals surface area contributed by atoms with Crippen LogP contribution in [0.15, 0.2) is 109 Å². The summed E-state index contributed by atoms with van der Waals surface area (Å²) in [5, 5.41) is 0. The van der Waals surface area contributed by atoms with E-state index in [9.17, 15) is 14.0 Å². The van der Waals surface area contributed by atoms with Crippen LogP contribution in [0.25, 0.3) is 0 Å². The molecular formula is C40H33FO4. The van der Waals surface area contributed by atoms with E-state index < -0.39 is 22.6 Å². The standard InChI is InChI=1S/C40H33FO4/c1-24-11-5-6-12-26(24)23-40-30-15-9-7-13-28(30)34(29-14-8-10-16-31(29)40)35-32(45-38(43)39(2,3)4)21-22-33(36(35)40)44-37(42)25-17-19-27(41)20-18-25/h5-22,34H,23H2,1-4H3. The molecule has 0 radical (unpaired) electrons. The van der Waals surface area contributed by atoms with Gasteiger partial charge < -0.3 is 9.47 Å². The van der Waals surface area contributed by atoms with E-state index in [1.165, 1.54) is 24.3 Å². The van der Waals surface area contributed by atoms with E-state index in [2.05, 4.69) is 55.5 Å². The Hall–Kier alpha value is -5.03. The van der Waals surface area contributed by atoms with Gasteiger partial charge in [-0.05, 0) is 104 Å². The molecule has 0 saturated heterocycles. The molecular weight excluding hydrogens is 563 g/mol. The normalized spacial score (nSPS) is 17.6. The molecule has 2 bridgehead atoms. The van der Waals surface area contributed by atoms with Gasteiger partial charge >= 0.3 is 11.9 Å². The molecule has 4 nitrogen and oxygen atoms in total. The molecule has 0 aliphatic heterocycles. The molecule has 45 heavy (non-hydrogen) atoms. The Bertz CT molecular complexity index is 1940. The third-order valence-electron chi connectivity index (χ3n) is 9.16. The quantitative estimate of drug-likeness (QED) is 0.150. The summed E-state index contributed by atoms with van der Waals surface area (Å²) in [7, 11) is 0. The minimum Gasteiger partial charge on any atom is -0.426 e. The van der Waals surface area contributed by atoms with Gasteiger partial charge in [0.1, 0.15) is 17.3 Å². The number of esters is 2. The number of hydrogen-bond donors (Lipinski definition) is 0. The summed E-state index contributed by atoms with van der Waals surface area (Å²) in [5.74, 6) is -0.787. The van der Waals surface area contributed by atoms with Gasteiger partial charge in [0.25, 0.3) is 0 Å². The van der Waals surface area contributed by atoms with Crippen molar-refractivity contribution in [1.82, 2.24) is 0 Å². The van der Waals surface area contributed by atoms with Crippen molar-refractivity contribution in [3.8, 4) is 11.5 Å². The second-order valence-electron chi connectivity index (χ2n) is 13.0. The first-order valence-corrected chi connectivity index (χ1v) is 15.2. The molecule has 3 aliphatic carbocycles. The van der Waals surface area contributed by atoms with Crippen LogP contribution in [0, 0.1) is 18.2 Å². The largest absolute Gasteiger partial charge is 0.426 e. The molecule has 0 atom stereocenters. The molecule has 0 N–H and O–H groups in total. The Morgan fingerprint density at radius 2 is 1.31 bits per heavy atom. The zero-order valence-corrected chi connectivity index (χ0v) is 25.7. The Morgan fingerprint density at radius 3 is 1.93 bits per heavy atom. The van der Waals surface area contributed by atoms with Crippen LogP contribution < -0.4 is 9.47 Å². The van der Waals surface area contributed by atoms with Gasteiger partial charge in [0.15, 0.2) is 0 Å². The van der Waals surface area contributed by atoms with Gasteiger partial charge in [-0.15, -0.1) is 0 Å². The summed E-state index contributed by atoms with van der Waals surface area (Å²) in [5.41, 5.74) is 7.19. The molecule has 3 aliphatic rings. The molecule has 8 rings (SSSR count). The minimum atomic E-state index is -0.772. The fourth-order valence-corrected chi connectivity index (χ4v) is 7.02. The molecule has 224 valence electrons. The summed E-state index contributed by atoms with van der Waals surface area (Å²) in [6, 6.07) is 34.0. The van der Waals surface area contributed by atoms with Gasteiger partial charge in [0.05, 0.1) is 16.4 Å². The lowest BCUT2D eigenvalue weighted by Crippen LogP contribution is -2.44. The third-order valence-corrected chi connectivity index (χ3v) is 9.16. The van der Waals surface area contributed by atoms with Crippen molar-refractivity contribution in [2.75, 3.05) is 0 Å². The zero-order chi connectivity index (χ0) is 31.5.